The highest BCUT2D eigenvalue weighted by Crippen LogP contribution is 2.17. The summed E-state index contributed by atoms with van der Waals surface area (Å²) >= 11 is 0. The minimum absolute atomic E-state index is 0.784. The average Bonchev–Trinajstić information content (AvgIpc) is 2.45. The maximum Gasteiger partial charge on any atom is 0.00670 e. The molecular formula is C14H30N2. The first-order valence-corrected chi connectivity index (χ1v) is 7.18. The summed E-state index contributed by atoms with van der Waals surface area (Å²) in [5.74, 6) is 0.784. The van der Waals surface area contributed by atoms with Crippen LogP contribution < -0.4 is 5.32 Å². The van der Waals surface area contributed by atoms with Gasteiger partial charge < -0.3 is 10.2 Å². The van der Waals surface area contributed by atoms with E-state index in [1.807, 2.05) is 0 Å². The van der Waals surface area contributed by atoms with E-state index in [-0.39, 0.29) is 0 Å². The molecular weight excluding hydrogens is 196 g/mol. The van der Waals surface area contributed by atoms with Crippen molar-refractivity contribution in [3.05, 3.63) is 0 Å². The zero-order chi connectivity index (χ0) is 11.8. The average molecular weight is 226 g/mol. The summed E-state index contributed by atoms with van der Waals surface area (Å²) in [6.07, 6.45) is 6.91. The number of hydrogen-bond donors (Lipinski definition) is 1. The van der Waals surface area contributed by atoms with Gasteiger partial charge in [0, 0.05) is 12.6 Å². The van der Waals surface area contributed by atoms with E-state index in [4.69, 9.17) is 0 Å². The van der Waals surface area contributed by atoms with Crippen LogP contribution in [0.15, 0.2) is 0 Å². The quantitative estimate of drug-likeness (QED) is 0.701. The second-order valence-electron chi connectivity index (χ2n) is 5.50. The van der Waals surface area contributed by atoms with Crippen molar-refractivity contribution in [2.75, 3.05) is 26.2 Å². The molecule has 1 saturated heterocycles. The summed E-state index contributed by atoms with van der Waals surface area (Å²) in [5, 5.41) is 3.53. The second-order valence-corrected chi connectivity index (χ2v) is 5.50. The molecule has 1 heterocycles. The summed E-state index contributed by atoms with van der Waals surface area (Å²) in [5.41, 5.74) is 0. The third-order valence-corrected chi connectivity index (χ3v) is 3.66. The minimum atomic E-state index is 0.784. The monoisotopic (exact) mass is 226 g/mol. The van der Waals surface area contributed by atoms with Gasteiger partial charge in [-0.2, -0.15) is 0 Å². The van der Waals surface area contributed by atoms with E-state index in [9.17, 15) is 0 Å². The molecule has 0 bridgehead atoms. The fraction of sp³-hybridized carbons (Fsp3) is 1.00. The third kappa shape index (κ3) is 5.31. The zero-order valence-corrected chi connectivity index (χ0v) is 11.5. The highest BCUT2D eigenvalue weighted by molar-refractivity contribution is 4.74. The smallest absolute Gasteiger partial charge is 0.00670 e. The lowest BCUT2D eigenvalue weighted by Gasteiger charge is -2.29. The Morgan fingerprint density at radius 1 is 1.31 bits per heavy atom. The standard InChI is InChI=1S/C14H30N2/c1-4-9-15-11-13(2)12-16-10-7-5-6-8-14(16)3/h13-15H,4-12H2,1-3H3. The van der Waals surface area contributed by atoms with Crippen LogP contribution in [0, 0.1) is 5.92 Å². The van der Waals surface area contributed by atoms with Crippen molar-refractivity contribution in [2.45, 2.75) is 58.9 Å². The van der Waals surface area contributed by atoms with Crippen LogP contribution in [0.1, 0.15) is 52.9 Å². The van der Waals surface area contributed by atoms with Crippen LogP contribution in [0.25, 0.3) is 0 Å². The molecule has 0 aromatic carbocycles. The van der Waals surface area contributed by atoms with Crippen molar-refractivity contribution >= 4 is 0 Å². The molecule has 1 N–H and O–H groups in total. The van der Waals surface area contributed by atoms with E-state index in [1.165, 1.54) is 58.3 Å². The van der Waals surface area contributed by atoms with Crippen LogP contribution in [0.4, 0.5) is 0 Å². The van der Waals surface area contributed by atoms with Crippen molar-refractivity contribution < 1.29 is 0 Å². The van der Waals surface area contributed by atoms with Crippen molar-refractivity contribution in [2.24, 2.45) is 5.92 Å². The van der Waals surface area contributed by atoms with Crippen LogP contribution in [0.3, 0.4) is 0 Å². The fourth-order valence-corrected chi connectivity index (χ4v) is 2.60. The SMILES string of the molecule is CCCNCC(C)CN1CCCCCC1C. The van der Waals surface area contributed by atoms with Crippen LogP contribution in [0.5, 0.6) is 0 Å². The molecule has 1 aliphatic rings. The number of nitrogens with one attached hydrogen (secondary N) is 1. The van der Waals surface area contributed by atoms with Crippen molar-refractivity contribution in [3.63, 3.8) is 0 Å². The third-order valence-electron chi connectivity index (χ3n) is 3.66. The Labute approximate surface area is 102 Å². The molecule has 0 saturated carbocycles. The Hall–Kier alpha value is -0.0800. The van der Waals surface area contributed by atoms with Gasteiger partial charge in [-0.1, -0.05) is 26.7 Å². The topological polar surface area (TPSA) is 15.3 Å². The number of hydrogen-bond acceptors (Lipinski definition) is 2. The first kappa shape index (κ1) is 14.0. The predicted octanol–water partition coefficient (Wildman–Crippen LogP) is 2.89. The number of nitrogens with zero attached hydrogens (tertiary/aromatic N) is 1. The van der Waals surface area contributed by atoms with E-state index in [0.717, 1.165) is 12.0 Å². The molecule has 0 aliphatic carbocycles. The van der Waals surface area contributed by atoms with Gasteiger partial charge in [-0.25, -0.2) is 0 Å². The van der Waals surface area contributed by atoms with Gasteiger partial charge in [0.15, 0.2) is 0 Å². The Morgan fingerprint density at radius 2 is 2.12 bits per heavy atom. The fourth-order valence-electron chi connectivity index (χ4n) is 2.60. The summed E-state index contributed by atoms with van der Waals surface area (Å²) in [6, 6.07) is 0.802. The maximum atomic E-state index is 3.53. The summed E-state index contributed by atoms with van der Waals surface area (Å²) in [6.45, 7) is 11.9. The van der Waals surface area contributed by atoms with Crippen LogP contribution >= 0.6 is 0 Å². The molecule has 0 spiro atoms. The first-order valence-electron chi connectivity index (χ1n) is 7.18. The van der Waals surface area contributed by atoms with Gasteiger partial charge >= 0.3 is 0 Å². The molecule has 1 rings (SSSR count). The number of rotatable bonds is 6. The normalized spacial score (nSPS) is 25.3. The molecule has 2 heteroatoms. The molecule has 2 unspecified atom stereocenters. The highest BCUT2D eigenvalue weighted by Gasteiger charge is 2.18. The summed E-state index contributed by atoms with van der Waals surface area (Å²) in [7, 11) is 0. The lowest BCUT2D eigenvalue weighted by atomic mass is 10.1. The van der Waals surface area contributed by atoms with Gasteiger partial charge in [0.2, 0.25) is 0 Å². The minimum Gasteiger partial charge on any atom is -0.316 e. The van der Waals surface area contributed by atoms with E-state index < -0.39 is 0 Å². The van der Waals surface area contributed by atoms with E-state index in [0.29, 0.717) is 0 Å². The van der Waals surface area contributed by atoms with Gasteiger partial charge in [-0.05, 0) is 51.7 Å². The van der Waals surface area contributed by atoms with Gasteiger partial charge in [0.25, 0.3) is 0 Å². The van der Waals surface area contributed by atoms with Crippen molar-refractivity contribution in [1.29, 1.82) is 0 Å². The van der Waals surface area contributed by atoms with Crippen LogP contribution in [-0.4, -0.2) is 37.1 Å². The summed E-state index contributed by atoms with van der Waals surface area (Å²) < 4.78 is 0. The largest absolute Gasteiger partial charge is 0.316 e. The molecule has 96 valence electrons. The first-order chi connectivity index (χ1) is 7.74. The van der Waals surface area contributed by atoms with Crippen molar-refractivity contribution in [1.82, 2.24) is 10.2 Å². The van der Waals surface area contributed by atoms with Gasteiger partial charge in [-0.3, -0.25) is 0 Å². The molecule has 1 fully saturated rings. The van der Waals surface area contributed by atoms with Gasteiger partial charge in [0.05, 0.1) is 0 Å². The Kier molecular flexibility index (Phi) is 7.06. The lowest BCUT2D eigenvalue weighted by molar-refractivity contribution is 0.184. The molecule has 1 aliphatic heterocycles. The number of likely N-dealkylation sites (tertiary alicyclic amines) is 1. The van der Waals surface area contributed by atoms with Crippen LogP contribution in [-0.2, 0) is 0 Å². The lowest BCUT2D eigenvalue weighted by Crippen LogP contribution is -2.38. The van der Waals surface area contributed by atoms with Gasteiger partial charge in [0.1, 0.15) is 0 Å². The highest BCUT2D eigenvalue weighted by atomic mass is 15.2. The Balaban J connectivity index is 2.22. The molecule has 0 amide bonds. The van der Waals surface area contributed by atoms with Crippen LogP contribution in [0.2, 0.25) is 0 Å². The molecule has 16 heavy (non-hydrogen) atoms. The zero-order valence-electron chi connectivity index (χ0n) is 11.5. The second kappa shape index (κ2) is 8.08. The molecule has 2 atom stereocenters. The summed E-state index contributed by atoms with van der Waals surface area (Å²) in [4.78, 5) is 2.70. The maximum absolute atomic E-state index is 3.53. The molecule has 0 radical (unpaired) electrons. The Morgan fingerprint density at radius 3 is 2.88 bits per heavy atom. The van der Waals surface area contributed by atoms with E-state index >= 15 is 0 Å². The molecule has 0 aromatic rings. The van der Waals surface area contributed by atoms with E-state index in [2.05, 4.69) is 31.0 Å². The van der Waals surface area contributed by atoms with E-state index in [1.54, 1.807) is 0 Å². The van der Waals surface area contributed by atoms with Crippen molar-refractivity contribution in [3.8, 4) is 0 Å². The molecule has 0 aromatic heterocycles. The van der Waals surface area contributed by atoms with Gasteiger partial charge in [-0.15, -0.1) is 0 Å². The Bertz CT molecular complexity index is 170. The molecule has 2 nitrogen and oxygen atoms in total. The predicted molar refractivity (Wildman–Crippen MR) is 71.8 cm³/mol.